The van der Waals surface area contributed by atoms with E-state index in [1.807, 2.05) is 30.3 Å². The summed E-state index contributed by atoms with van der Waals surface area (Å²) in [4.78, 5) is 39.6. The lowest BCUT2D eigenvalue weighted by molar-refractivity contribution is -0.363. The van der Waals surface area contributed by atoms with Gasteiger partial charge < -0.3 is 13.9 Å². The lowest BCUT2D eigenvalue weighted by Crippen LogP contribution is -2.69. The highest BCUT2D eigenvalue weighted by atomic mass is 28.4. The van der Waals surface area contributed by atoms with E-state index in [-0.39, 0.29) is 52.4 Å². The molecule has 3 saturated carbocycles. The van der Waals surface area contributed by atoms with E-state index in [9.17, 15) is 9.59 Å². The first-order valence-electron chi connectivity index (χ1n) is 19.1. The van der Waals surface area contributed by atoms with Gasteiger partial charge in [-0.2, -0.15) is 0 Å². The van der Waals surface area contributed by atoms with Crippen molar-refractivity contribution in [3.05, 3.63) is 60.2 Å². The van der Waals surface area contributed by atoms with Gasteiger partial charge in [0.2, 0.25) is 0 Å². The van der Waals surface area contributed by atoms with Gasteiger partial charge in [-0.1, -0.05) is 58.4 Å². The highest BCUT2D eigenvalue weighted by molar-refractivity contribution is 6.74. The van der Waals surface area contributed by atoms with Gasteiger partial charge >= 0.3 is 11.9 Å². The SMILES string of the molecule is C=C(C)CC[C@@H](O[Si](C)(C)C(C)(C)C)[C@@H](C)[C@]12C=C[C@@]3(OO1)[C@@H]1CC[C@H]4C[C@@H](OC(C)=O)CC[C@]4(C)[C@H]1C[C@@H](OC(=O)c1ccccc1)[C@]23C. The number of benzene rings is 1. The second-order valence-electron chi connectivity index (χ2n) is 18.5. The second kappa shape index (κ2) is 13.0. The molecule has 0 N–H and O–H groups in total. The number of hydrogen-bond donors (Lipinski definition) is 0. The molecule has 1 aromatic carbocycles. The molecule has 1 aromatic rings. The quantitative estimate of drug-likeness (QED) is 0.104. The summed E-state index contributed by atoms with van der Waals surface area (Å²) in [6, 6.07) is 9.33. The summed E-state index contributed by atoms with van der Waals surface area (Å²) in [6.07, 6.45) is 11.1. The van der Waals surface area contributed by atoms with Crippen molar-refractivity contribution in [1.29, 1.82) is 0 Å². The maximum absolute atomic E-state index is 14.0. The number of ether oxygens (including phenoxy) is 2. The smallest absolute Gasteiger partial charge is 0.338 e. The zero-order valence-corrected chi connectivity index (χ0v) is 33.3. The monoisotopic (exact) mass is 706 g/mol. The van der Waals surface area contributed by atoms with Gasteiger partial charge in [-0.25, -0.2) is 14.6 Å². The van der Waals surface area contributed by atoms with Crippen LogP contribution in [0.3, 0.4) is 0 Å². The summed E-state index contributed by atoms with van der Waals surface area (Å²) in [5.74, 6) is 0.225. The Morgan fingerprint density at radius 2 is 1.68 bits per heavy atom. The second-order valence-corrected chi connectivity index (χ2v) is 23.2. The zero-order chi connectivity index (χ0) is 36.5. The summed E-state index contributed by atoms with van der Waals surface area (Å²) < 4.78 is 19.8. The third-order valence-electron chi connectivity index (χ3n) is 14.8. The summed E-state index contributed by atoms with van der Waals surface area (Å²) in [5.41, 5.74) is -0.659. The summed E-state index contributed by atoms with van der Waals surface area (Å²) in [5, 5.41) is 0.0341. The number of carbonyl (C=O) groups is 2. The first kappa shape index (κ1) is 37.5. The van der Waals surface area contributed by atoms with E-state index >= 15 is 0 Å². The third-order valence-corrected chi connectivity index (χ3v) is 19.3. The number of rotatable bonds is 10. The average Bonchev–Trinajstić information content (AvgIpc) is 3.47. The third kappa shape index (κ3) is 5.79. The predicted octanol–water partition coefficient (Wildman–Crippen LogP) is 9.78. The minimum atomic E-state index is -2.18. The predicted molar refractivity (Wildman–Crippen MR) is 198 cm³/mol. The van der Waals surface area contributed by atoms with E-state index < -0.39 is 31.0 Å². The fourth-order valence-corrected chi connectivity index (χ4v) is 12.2. The molecular formula is C42H62O7Si. The van der Waals surface area contributed by atoms with Gasteiger partial charge in [-0.05, 0) is 131 Å². The molecule has 1 aliphatic heterocycles. The van der Waals surface area contributed by atoms with Crippen LogP contribution in [0.1, 0.15) is 117 Å². The molecule has 1 heterocycles. The van der Waals surface area contributed by atoms with E-state index in [0.717, 1.165) is 56.9 Å². The van der Waals surface area contributed by atoms with Crippen molar-refractivity contribution in [3.63, 3.8) is 0 Å². The molecule has 2 bridgehead atoms. The minimum Gasteiger partial charge on any atom is -0.463 e. The number of fused-ring (bicyclic) bond motifs is 3. The Hall–Kier alpha value is -2.26. The lowest BCUT2D eigenvalue weighted by atomic mass is 9.41. The van der Waals surface area contributed by atoms with Crippen LogP contribution in [0, 0.1) is 34.5 Å². The van der Waals surface area contributed by atoms with Crippen molar-refractivity contribution in [2.24, 2.45) is 34.5 Å². The fraction of sp³-hybridized carbons (Fsp3) is 0.714. The van der Waals surface area contributed by atoms with Crippen LogP contribution in [0.2, 0.25) is 18.1 Å². The molecule has 1 saturated heterocycles. The van der Waals surface area contributed by atoms with Crippen molar-refractivity contribution in [2.45, 2.75) is 154 Å². The molecule has 7 nitrogen and oxygen atoms in total. The Morgan fingerprint density at radius 1 is 0.980 bits per heavy atom. The van der Waals surface area contributed by atoms with Crippen molar-refractivity contribution in [2.75, 3.05) is 0 Å². The molecule has 0 unspecified atom stereocenters. The van der Waals surface area contributed by atoms with Crippen LogP contribution in [0.5, 0.6) is 0 Å². The average molecular weight is 707 g/mol. The van der Waals surface area contributed by atoms with Crippen molar-refractivity contribution < 1.29 is 33.3 Å². The van der Waals surface area contributed by atoms with Gasteiger partial charge in [0.1, 0.15) is 23.4 Å². The number of hydrogen-bond acceptors (Lipinski definition) is 7. The molecule has 4 fully saturated rings. The molecule has 0 radical (unpaired) electrons. The Balaban J connectivity index is 1.41. The first-order valence-corrected chi connectivity index (χ1v) is 22.0. The zero-order valence-electron chi connectivity index (χ0n) is 32.3. The van der Waals surface area contributed by atoms with Crippen LogP contribution in [0.15, 0.2) is 54.6 Å². The molecule has 276 valence electrons. The standard InChI is InChI=1S/C42H62O7Si/c1-27(2)17-20-35(47-50(10,11)38(5,6)7)28(3)41-23-24-42(49-48-41)33-19-18-31-25-32(45-29(4)43)21-22-39(31,8)34(33)26-36(40(41,42)9)46-37(44)30-15-13-12-14-16-30/h12-16,23-24,28,31-36H,1,17-22,25-26H2,2-11H3/t28-,31+,32+,33-,34+,35-,36-,39+,40-,41+,42-/m1/s1. The van der Waals surface area contributed by atoms with Crippen LogP contribution < -0.4 is 0 Å². The van der Waals surface area contributed by atoms with Crippen LogP contribution in [-0.4, -0.2) is 49.8 Å². The largest absolute Gasteiger partial charge is 0.463 e. The van der Waals surface area contributed by atoms with Gasteiger partial charge in [0.25, 0.3) is 0 Å². The Labute approximate surface area is 301 Å². The summed E-state index contributed by atoms with van der Waals surface area (Å²) in [7, 11) is -2.18. The van der Waals surface area contributed by atoms with E-state index in [2.05, 4.69) is 80.3 Å². The van der Waals surface area contributed by atoms with Crippen molar-refractivity contribution >= 4 is 20.3 Å². The van der Waals surface area contributed by atoms with E-state index in [4.69, 9.17) is 23.7 Å². The molecule has 0 aromatic heterocycles. The summed E-state index contributed by atoms with van der Waals surface area (Å²) in [6.45, 7) is 26.3. The van der Waals surface area contributed by atoms with Crippen LogP contribution in [0.25, 0.3) is 0 Å². The van der Waals surface area contributed by atoms with Gasteiger partial charge in [-0.3, -0.25) is 4.79 Å². The highest BCUT2D eigenvalue weighted by Crippen LogP contribution is 2.74. The van der Waals surface area contributed by atoms with Gasteiger partial charge in [0.15, 0.2) is 8.32 Å². The topological polar surface area (TPSA) is 80.3 Å². The van der Waals surface area contributed by atoms with E-state index in [1.54, 1.807) is 0 Å². The Bertz CT molecular complexity index is 1500. The number of allylic oxidation sites excluding steroid dienone is 1. The normalized spacial score (nSPS) is 38.7. The maximum Gasteiger partial charge on any atom is 0.338 e. The Morgan fingerprint density at radius 3 is 2.28 bits per heavy atom. The molecular weight excluding hydrogens is 645 g/mol. The van der Waals surface area contributed by atoms with Gasteiger partial charge in [-0.15, -0.1) is 6.58 Å². The van der Waals surface area contributed by atoms with Crippen LogP contribution in [-0.2, 0) is 28.5 Å². The van der Waals surface area contributed by atoms with E-state index in [0.29, 0.717) is 11.5 Å². The molecule has 4 aliphatic carbocycles. The molecule has 0 amide bonds. The van der Waals surface area contributed by atoms with E-state index in [1.165, 1.54) is 6.92 Å². The molecule has 0 spiro atoms. The maximum atomic E-state index is 14.0. The van der Waals surface area contributed by atoms with Gasteiger partial charge in [0.05, 0.1) is 17.1 Å². The van der Waals surface area contributed by atoms with Gasteiger partial charge in [0, 0.05) is 12.8 Å². The molecule has 50 heavy (non-hydrogen) atoms. The minimum absolute atomic E-state index is 0.0147. The number of carbonyl (C=O) groups excluding carboxylic acids is 2. The molecule has 11 atom stereocenters. The van der Waals surface area contributed by atoms with Crippen LogP contribution in [0.4, 0.5) is 0 Å². The first-order chi connectivity index (χ1) is 23.3. The van der Waals surface area contributed by atoms with Crippen molar-refractivity contribution in [3.8, 4) is 0 Å². The fourth-order valence-electron chi connectivity index (χ4n) is 10.7. The lowest BCUT2D eigenvalue weighted by Gasteiger charge is -2.64. The Kier molecular flexibility index (Phi) is 9.74. The number of esters is 2. The summed E-state index contributed by atoms with van der Waals surface area (Å²) >= 11 is 0. The molecule has 6 rings (SSSR count). The molecule has 5 aliphatic rings. The molecule has 8 heteroatoms. The van der Waals surface area contributed by atoms with Crippen molar-refractivity contribution in [1.82, 2.24) is 0 Å². The highest BCUT2D eigenvalue weighted by Gasteiger charge is 2.82. The van der Waals surface area contributed by atoms with Crippen LogP contribution >= 0.6 is 0 Å².